The topological polar surface area (TPSA) is 69.7 Å². The Labute approximate surface area is 189 Å². The van der Waals surface area contributed by atoms with Gasteiger partial charge in [-0.05, 0) is 50.9 Å². The number of hydrogen-bond acceptors (Lipinski definition) is 4. The predicted molar refractivity (Wildman–Crippen MR) is 121 cm³/mol. The Hall–Kier alpha value is -0.860. The second-order valence-electron chi connectivity index (χ2n) is 8.20. The molecule has 1 N–H and O–H groups in total. The first-order valence-electron chi connectivity index (χ1n) is 10.8. The summed E-state index contributed by atoms with van der Waals surface area (Å²) in [5.41, 5.74) is 0.407. The highest BCUT2D eigenvalue weighted by molar-refractivity contribution is 7.88. The Morgan fingerprint density at radius 2 is 1.70 bits per heavy atom. The molecule has 1 aromatic rings. The quantitative estimate of drug-likeness (QED) is 0.654. The third kappa shape index (κ3) is 6.57. The molecule has 0 aliphatic carbocycles. The zero-order valence-corrected chi connectivity index (χ0v) is 19.6. The lowest BCUT2D eigenvalue weighted by Gasteiger charge is -2.31. The van der Waals surface area contributed by atoms with Crippen molar-refractivity contribution in [3.05, 3.63) is 33.8 Å². The minimum absolute atomic E-state index is 0.0551. The van der Waals surface area contributed by atoms with Gasteiger partial charge in [-0.3, -0.25) is 4.79 Å². The highest BCUT2D eigenvalue weighted by atomic mass is 35.5. The Morgan fingerprint density at radius 1 is 1.03 bits per heavy atom. The number of piperidine rings is 1. The van der Waals surface area contributed by atoms with Gasteiger partial charge >= 0.3 is 0 Å². The van der Waals surface area contributed by atoms with E-state index in [1.807, 2.05) is 0 Å². The van der Waals surface area contributed by atoms with Gasteiger partial charge in [-0.2, -0.15) is 0 Å². The lowest BCUT2D eigenvalue weighted by molar-refractivity contribution is -0.126. The number of nitrogens with one attached hydrogen (secondary N) is 1. The minimum Gasteiger partial charge on any atom is -0.355 e. The zero-order chi connectivity index (χ0) is 21.6. The molecule has 0 radical (unpaired) electrons. The van der Waals surface area contributed by atoms with E-state index in [1.54, 1.807) is 18.2 Å². The molecule has 2 aliphatic heterocycles. The maximum absolute atomic E-state index is 13.0. The molecule has 2 saturated heterocycles. The molecule has 30 heavy (non-hydrogen) atoms. The van der Waals surface area contributed by atoms with Crippen LogP contribution in [0.3, 0.4) is 0 Å². The summed E-state index contributed by atoms with van der Waals surface area (Å²) in [5.74, 6) is -0.630. The van der Waals surface area contributed by atoms with E-state index in [9.17, 15) is 13.2 Å². The lowest BCUT2D eigenvalue weighted by Crippen LogP contribution is -2.46. The number of halogens is 2. The van der Waals surface area contributed by atoms with Gasteiger partial charge < -0.3 is 10.2 Å². The predicted octanol–water partition coefficient (Wildman–Crippen LogP) is 3.53. The van der Waals surface area contributed by atoms with Crippen LogP contribution in [0.4, 0.5) is 0 Å². The summed E-state index contributed by atoms with van der Waals surface area (Å²) in [7, 11) is -3.61. The minimum atomic E-state index is -3.61. The highest BCUT2D eigenvalue weighted by Gasteiger charge is 2.33. The number of likely N-dealkylation sites (tertiary alicyclic amines) is 1. The molecule has 2 fully saturated rings. The first kappa shape index (κ1) is 23.8. The maximum atomic E-state index is 13.0. The van der Waals surface area contributed by atoms with Crippen molar-refractivity contribution in [1.29, 1.82) is 0 Å². The third-order valence-corrected chi connectivity index (χ3v) is 8.44. The molecule has 1 amide bonds. The molecule has 1 aromatic carbocycles. The van der Waals surface area contributed by atoms with Gasteiger partial charge in [0.2, 0.25) is 15.9 Å². The summed E-state index contributed by atoms with van der Waals surface area (Å²) in [4.78, 5) is 15.1. The maximum Gasteiger partial charge on any atom is 0.224 e. The highest BCUT2D eigenvalue weighted by Crippen LogP contribution is 2.29. The molecule has 0 unspecified atom stereocenters. The molecule has 9 heteroatoms. The van der Waals surface area contributed by atoms with E-state index in [0.717, 1.165) is 19.6 Å². The van der Waals surface area contributed by atoms with Crippen molar-refractivity contribution < 1.29 is 13.2 Å². The number of carbonyl (C=O) groups is 1. The molecule has 0 saturated carbocycles. The van der Waals surface area contributed by atoms with E-state index in [1.165, 1.54) is 30.0 Å². The van der Waals surface area contributed by atoms with Gasteiger partial charge in [-0.15, -0.1) is 0 Å². The first-order chi connectivity index (χ1) is 14.4. The van der Waals surface area contributed by atoms with E-state index in [2.05, 4.69) is 10.2 Å². The Morgan fingerprint density at radius 3 is 2.37 bits per heavy atom. The van der Waals surface area contributed by atoms with Crippen molar-refractivity contribution >= 4 is 39.1 Å². The molecule has 3 rings (SSSR count). The SMILES string of the molecule is O=C(NCCN1CCCCCC1)[C@H]1CCCN(S(=O)(=O)Cc2c(Cl)cccc2Cl)C1. The van der Waals surface area contributed by atoms with Gasteiger partial charge in [-0.25, -0.2) is 12.7 Å². The van der Waals surface area contributed by atoms with Crippen molar-refractivity contribution in [1.82, 2.24) is 14.5 Å². The van der Waals surface area contributed by atoms with Crippen LogP contribution < -0.4 is 5.32 Å². The second-order valence-corrected chi connectivity index (χ2v) is 11.0. The van der Waals surface area contributed by atoms with Crippen molar-refractivity contribution in [2.45, 2.75) is 44.3 Å². The van der Waals surface area contributed by atoms with Crippen LogP contribution in [-0.2, 0) is 20.6 Å². The fraction of sp³-hybridized carbons (Fsp3) is 0.667. The molecule has 1 atom stereocenters. The van der Waals surface area contributed by atoms with Gasteiger partial charge in [0, 0.05) is 41.8 Å². The third-order valence-electron chi connectivity index (χ3n) is 5.96. The van der Waals surface area contributed by atoms with Crippen LogP contribution >= 0.6 is 23.2 Å². The summed E-state index contributed by atoms with van der Waals surface area (Å²) in [5, 5.41) is 3.69. The van der Waals surface area contributed by atoms with Crippen molar-refractivity contribution in [2.24, 2.45) is 5.92 Å². The van der Waals surface area contributed by atoms with Crippen LogP contribution in [0.5, 0.6) is 0 Å². The van der Waals surface area contributed by atoms with Gasteiger partial charge in [0.15, 0.2) is 0 Å². The van der Waals surface area contributed by atoms with Crippen LogP contribution in [0.1, 0.15) is 44.1 Å². The molecule has 0 bridgehead atoms. The molecular formula is C21H31Cl2N3O3S. The standard InChI is InChI=1S/C21H31Cl2N3O3S/c22-19-8-5-9-20(23)18(19)16-30(28,29)26-13-6-7-17(15-26)21(27)24-10-14-25-11-3-1-2-4-12-25/h5,8-9,17H,1-4,6-7,10-16H2,(H,24,27)/t17-/m0/s1. The zero-order valence-electron chi connectivity index (χ0n) is 17.3. The second kappa shape index (κ2) is 11.1. The normalized spacial score (nSPS) is 21.9. The molecule has 0 aromatic heterocycles. The number of carbonyl (C=O) groups excluding carboxylic acids is 1. The van der Waals surface area contributed by atoms with Crippen molar-refractivity contribution in [2.75, 3.05) is 39.3 Å². The smallest absolute Gasteiger partial charge is 0.224 e. The fourth-order valence-corrected chi connectivity index (χ4v) is 6.56. The van der Waals surface area contributed by atoms with E-state index in [0.29, 0.717) is 41.5 Å². The fourth-order valence-electron chi connectivity index (χ4n) is 4.19. The Kier molecular flexibility index (Phi) is 8.83. The number of nitrogens with zero attached hydrogens (tertiary/aromatic N) is 2. The number of hydrogen-bond donors (Lipinski definition) is 1. The van der Waals surface area contributed by atoms with E-state index >= 15 is 0 Å². The average molecular weight is 476 g/mol. The van der Waals surface area contributed by atoms with Gasteiger partial charge in [0.1, 0.15) is 0 Å². The number of sulfonamides is 1. The Balaban J connectivity index is 1.53. The molecule has 168 valence electrons. The van der Waals surface area contributed by atoms with Crippen molar-refractivity contribution in [3.63, 3.8) is 0 Å². The summed E-state index contributed by atoms with van der Waals surface area (Å²) < 4.78 is 27.3. The Bertz CT molecular complexity index is 807. The lowest BCUT2D eigenvalue weighted by atomic mass is 9.99. The molecule has 0 spiro atoms. The van der Waals surface area contributed by atoms with Gasteiger partial charge in [0.25, 0.3) is 0 Å². The van der Waals surface area contributed by atoms with Gasteiger partial charge in [0.05, 0.1) is 11.7 Å². The molecular weight excluding hydrogens is 445 g/mol. The summed E-state index contributed by atoms with van der Waals surface area (Å²) >= 11 is 12.3. The van der Waals surface area contributed by atoms with Crippen LogP contribution in [0.25, 0.3) is 0 Å². The summed E-state index contributed by atoms with van der Waals surface area (Å²) in [6.07, 6.45) is 6.38. The van der Waals surface area contributed by atoms with Crippen LogP contribution in [-0.4, -0.2) is 62.8 Å². The van der Waals surface area contributed by atoms with Crippen LogP contribution in [0, 0.1) is 5.92 Å². The van der Waals surface area contributed by atoms with Crippen molar-refractivity contribution in [3.8, 4) is 0 Å². The average Bonchev–Trinajstić information content (AvgIpc) is 3.00. The number of rotatable bonds is 7. The van der Waals surface area contributed by atoms with Crippen LogP contribution in [0.2, 0.25) is 10.0 Å². The largest absolute Gasteiger partial charge is 0.355 e. The molecule has 2 heterocycles. The summed E-state index contributed by atoms with van der Waals surface area (Å²) in [6, 6.07) is 4.96. The monoisotopic (exact) mass is 475 g/mol. The van der Waals surface area contributed by atoms with E-state index in [4.69, 9.17) is 23.2 Å². The van der Waals surface area contributed by atoms with Crippen LogP contribution in [0.15, 0.2) is 18.2 Å². The molecule has 2 aliphatic rings. The van der Waals surface area contributed by atoms with E-state index in [-0.39, 0.29) is 24.1 Å². The van der Waals surface area contributed by atoms with E-state index < -0.39 is 10.0 Å². The molecule has 6 nitrogen and oxygen atoms in total. The number of amides is 1. The number of benzene rings is 1. The summed E-state index contributed by atoms with van der Waals surface area (Å²) in [6.45, 7) is 4.27. The van der Waals surface area contributed by atoms with Gasteiger partial charge in [-0.1, -0.05) is 42.1 Å². The first-order valence-corrected chi connectivity index (χ1v) is 13.1.